The molecule has 2 unspecified atom stereocenters. The van der Waals surface area contributed by atoms with Crippen LogP contribution in [0.4, 0.5) is 0 Å². The molecule has 2 atom stereocenters. The lowest BCUT2D eigenvalue weighted by atomic mass is 10.1. The van der Waals surface area contributed by atoms with Crippen LogP contribution in [0.1, 0.15) is 59.3 Å². The summed E-state index contributed by atoms with van der Waals surface area (Å²) in [5, 5.41) is 0. The molecule has 6 heteroatoms. The van der Waals surface area contributed by atoms with Crippen LogP contribution in [0, 0.1) is 5.92 Å². The molecule has 0 N–H and O–H groups in total. The van der Waals surface area contributed by atoms with Crippen molar-refractivity contribution in [2.75, 3.05) is 13.2 Å². The quantitative estimate of drug-likeness (QED) is 0.428. The minimum Gasteiger partial charge on any atom is -0.368 e. The van der Waals surface area contributed by atoms with Crippen molar-refractivity contribution in [1.29, 1.82) is 0 Å². The zero-order valence-electron chi connectivity index (χ0n) is 14.3. The summed E-state index contributed by atoms with van der Waals surface area (Å²) in [4.78, 5) is 47.3. The third-order valence-corrected chi connectivity index (χ3v) is 4.18. The van der Waals surface area contributed by atoms with E-state index in [9.17, 15) is 19.2 Å². The molecule has 0 aromatic heterocycles. The Morgan fingerprint density at radius 2 is 1.91 bits per heavy atom. The van der Waals surface area contributed by atoms with Crippen LogP contribution in [0.2, 0.25) is 0 Å². The van der Waals surface area contributed by atoms with Crippen LogP contribution in [0.25, 0.3) is 0 Å². The highest BCUT2D eigenvalue weighted by Gasteiger charge is 2.38. The molecule has 130 valence electrons. The second-order valence-electron chi connectivity index (χ2n) is 6.26. The predicted octanol–water partition coefficient (Wildman–Crippen LogP) is 1.90. The number of likely N-dealkylation sites (tertiary alicyclic amines) is 1. The van der Waals surface area contributed by atoms with Gasteiger partial charge in [0.05, 0.1) is 6.42 Å². The average Bonchev–Trinajstić information content (AvgIpc) is 2.73. The average molecular weight is 325 g/mol. The van der Waals surface area contributed by atoms with E-state index in [1.54, 1.807) is 6.92 Å². The van der Waals surface area contributed by atoms with Crippen molar-refractivity contribution in [2.24, 2.45) is 5.92 Å². The van der Waals surface area contributed by atoms with Crippen LogP contribution >= 0.6 is 0 Å². The fraction of sp³-hybridized carbons (Fsp3) is 0.765. The van der Waals surface area contributed by atoms with Crippen molar-refractivity contribution >= 4 is 23.4 Å². The molecule has 1 saturated heterocycles. The van der Waals surface area contributed by atoms with Gasteiger partial charge < -0.3 is 9.53 Å². The highest BCUT2D eigenvalue weighted by Crippen LogP contribution is 2.18. The van der Waals surface area contributed by atoms with E-state index in [1.165, 1.54) is 11.8 Å². The number of ether oxygens (including phenoxy) is 1. The summed E-state index contributed by atoms with van der Waals surface area (Å²) in [6, 6.07) is 0. The summed E-state index contributed by atoms with van der Waals surface area (Å²) in [5.74, 6) is -0.330. The van der Waals surface area contributed by atoms with E-state index in [0.29, 0.717) is 32.4 Å². The van der Waals surface area contributed by atoms with Gasteiger partial charge in [0.2, 0.25) is 5.91 Å². The van der Waals surface area contributed by atoms with Crippen molar-refractivity contribution in [3.8, 4) is 0 Å². The number of Topliss-reactive ketones (excluding diaryl/α,β-unsaturated/α-hetero) is 2. The highest BCUT2D eigenvalue weighted by atomic mass is 16.5. The topological polar surface area (TPSA) is 80.8 Å². The molecular weight excluding hydrogens is 298 g/mol. The molecule has 1 fully saturated rings. The van der Waals surface area contributed by atoms with E-state index >= 15 is 0 Å². The first-order valence-electron chi connectivity index (χ1n) is 8.28. The molecule has 2 amide bonds. The van der Waals surface area contributed by atoms with Gasteiger partial charge in [-0.05, 0) is 33.1 Å². The van der Waals surface area contributed by atoms with Gasteiger partial charge in [0.25, 0.3) is 5.91 Å². The summed E-state index contributed by atoms with van der Waals surface area (Å²) in [6.07, 6.45) is 2.78. The van der Waals surface area contributed by atoms with Crippen molar-refractivity contribution in [2.45, 2.75) is 65.4 Å². The maximum Gasteiger partial charge on any atom is 0.258 e. The van der Waals surface area contributed by atoms with E-state index in [-0.39, 0.29) is 35.7 Å². The number of rotatable bonds is 11. The van der Waals surface area contributed by atoms with Crippen molar-refractivity contribution in [3.05, 3.63) is 0 Å². The lowest BCUT2D eigenvalue weighted by molar-refractivity contribution is -0.142. The summed E-state index contributed by atoms with van der Waals surface area (Å²) in [6.45, 7) is 5.60. The Kier molecular flexibility index (Phi) is 8.09. The van der Waals surface area contributed by atoms with Gasteiger partial charge in [-0.2, -0.15) is 0 Å². The fourth-order valence-electron chi connectivity index (χ4n) is 2.43. The number of amides is 2. The van der Waals surface area contributed by atoms with Crippen LogP contribution in [0.5, 0.6) is 0 Å². The number of imide groups is 1. The zero-order valence-corrected chi connectivity index (χ0v) is 14.3. The third-order valence-electron chi connectivity index (χ3n) is 4.18. The van der Waals surface area contributed by atoms with E-state index in [0.717, 1.165) is 12.8 Å². The Labute approximate surface area is 137 Å². The van der Waals surface area contributed by atoms with Crippen LogP contribution in [-0.2, 0) is 23.9 Å². The summed E-state index contributed by atoms with van der Waals surface area (Å²) >= 11 is 0. The molecule has 23 heavy (non-hydrogen) atoms. The van der Waals surface area contributed by atoms with Crippen LogP contribution in [-0.4, -0.2) is 47.5 Å². The minimum absolute atomic E-state index is 0.0841. The van der Waals surface area contributed by atoms with Crippen molar-refractivity contribution < 1.29 is 23.9 Å². The van der Waals surface area contributed by atoms with E-state index in [4.69, 9.17) is 4.74 Å². The lowest BCUT2D eigenvalue weighted by Crippen LogP contribution is -2.34. The lowest BCUT2D eigenvalue weighted by Gasteiger charge is -2.15. The summed E-state index contributed by atoms with van der Waals surface area (Å²) in [5.41, 5.74) is 0. The third kappa shape index (κ3) is 6.60. The Morgan fingerprint density at radius 3 is 2.52 bits per heavy atom. The van der Waals surface area contributed by atoms with E-state index < -0.39 is 6.10 Å². The molecule has 0 aliphatic carbocycles. The van der Waals surface area contributed by atoms with Gasteiger partial charge in [-0.15, -0.1) is 0 Å². The number of carbonyl (C=O) groups is 4. The second kappa shape index (κ2) is 9.55. The number of hydrogen-bond acceptors (Lipinski definition) is 5. The molecule has 0 saturated carbocycles. The molecular formula is C17H27NO5. The Hall–Kier alpha value is -1.56. The number of unbranched alkanes of at least 4 members (excludes halogenated alkanes) is 2. The Balaban J connectivity index is 2.29. The van der Waals surface area contributed by atoms with Gasteiger partial charge in [-0.25, -0.2) is 0 Å². The maximum atomic E-state index is 12.2. The van der Waals surface area contributed by atoms with Gasteiger partial charge in [0, 0.05) is 25.5 Å². The molecule has 1 aliphatic heterocycles. The molecule has 1 heterocycles. The molecule has 0 spiro atoms. The van der Waals surface area contributed by atoms with Crippen molar-refractivity contribution in [3.63, 3.8) is 0 Å². The number of ketones is 2. The normalized spacial score (nSPS) is 19.3. The SMILES string of the molecule is CC(=O)CCCCCN1C(=O)CC(OCCC(C)C(C)=O)C1=O. The van der Waals surface area contributed by atoms with E-state index in [2.05, 4.69) is 0 Å². The first kappa shape index (κ1) is 19.5. The van der Waals surface area contributed by atoms with Crippen molar-refractivity contribution in [1.82, 2.24) is 4.90 Å². The van der Waals surface area contributed by atoms with Gasteiger partial charge in [-0.3, -0.25) is 19.3 Å². The van der Waals surface area contributed by atoms with E-state index in [1.807, 2.05) is 6.92 Å². The number of carbonyl (C=O) groups excluding carboxylic acids is 4. The molecule has 0 aromatic rings. The molecule has 0 bridgehead atoms. The predicted molar refractivity (Wildman–Crippen MR) is 84.7 cm³/mol. The Bertz CT molecular complexity index is 460. The molecule has 0 aromatic carbocycles. The zero-order chi connectivity index (χ0) is 17.4. The summed E-state index contributed by atoms with van der Waals surface area (Å²) < 4.78 is 5.49. The first-order valence-corrected chi connectivity index (χ1v) is 8.28. The number of hydrogen-bond donors (Lipinski definition) is 0. The first-order chi connectivity index (χ1) is 10.8. The minimum atomic E-state index is -0.709. The molecule has 1 aliphatic rings. The van der Waals surface area contributed by atoms with Crippen LogP contribution < -0.4 is 0 Å². The smallest absolute Gasteiger partial charge is 0.258 e. The highest BCUT2D eigenvalue weighted by molar-refractivity contribution is 6.04. The fourth-order valence-corrected chi connectivity index (χ4v) is 2.43. The standard InChI is InChI=1S/C17H27NO5/c1-12(14(3)20)8-10-23-15-11-16(21)18(17(15)22)9-6-4-5-7-13(2)19/h12,15H,4-11H2,1-3H3. The molecule has 1 rings (SSSR count). The number of nitrogens with zero attached hydrogens (tertiary/aromatic N) is 1. The molecule has 6 nitrogen and oxygen atoms in total. The van der Waals surface area contributed by atoms with Gasteiger partial charge in [0.1, 0.15) is 17.7 Å². The van der Waals surface area contributed by atoms with Gasteiger partial charge >= 0.3 is 0 Å². The second-order valence-corrected chi connectivity index (χ2v) is 6.26. The monoisotopic (exact) mass is 325 g/mol. The van der Waals surface area contributed by atoms with Crippen LogP contribution in [0.3, 0.4) is 0 Å². The van der Waals surface area contributed by atoms with Gasteiger partial charge in [0.15, 0.2) is 0 Å². The van der Waals surface area contributed by atoms with Crippen LogP contribution in [0.15, 0.2) is 0 Å². The largest absolute Gasteiger partial charge is 0.368 e. The summed E-state index contributed by atoms with van der Waals surface area (Å²) in [7, 11) is 0. The van der Waals surface area contributed by atoms with Gasteiger partial charge in [-0.1, -0.05) is 13.3 Å². The Morgan fingerprint density at radius 1 is 1.22 bits per heavy atom. The molecule has 0 radical (unpaired) electrons. The maximum absolute atomic E-state index is 12.2.